The van der Waals surface area contributed by atoms with Crippen LogP contribution in [0.3, 0.4) is 0 Å². The second-order valence-corrected chi connectivity index (χ2v) is 5.20. The molecule has 1 unspecified atom stereocenters. The van der Waals surface area contributed by atoms with Crippen molar-refractivity contribution in [2.24, 2.45) is 5.73 Å². The van der Waals surface area contributed by atoms with Crippen molar-refractivity contribution in [1.82, 2.24) is 5.32 Å². The standard InChI is InChI=1S/C18H20N2O3/c1-13(18(19)22)20-16(21)12-23-17(14-8-4-2-5-9-14)15-10-6-3-7-11-15/h2-11,13,17H,12H2,1H3,(H2,19,22)(H,20,21). The highest BCUT2D eigenvalue weighted by molar-refractivity contribution is 5.86. The Kier molecular flexibility index (Phi) is 5.88. The van der Waals surface area contributed by atoms with Crippen molar-refractivity contribution < 1.29 is 14.3 Å². The maximum absolute atomic E-state index is 11.9. The van der Waals surface area contributed by atoms with Gasteiger partial charge in [0.2, 0.25) is 11.8 Å². The van der Waals surface area contributed by atoms with Gasteiger partial charge in [-0.1, -0.05) is 60.7 Å². The first-order valence-electron chi connectivity index (χ1n) is 7.38. The normalized spacial score (nSPS) is 11.9. The van der Waals surface area contributed by atoms with Gasteiger partial charge in [-0.25, -0.2) is 0 Å². The summed E-state index contributed by atoms with van der Waals surface area (Å²) in [5.74, 6) is -0.964. The van der Waals surface area contributed by atoms with Crippen molar-refractivity contribution in [3.63, 3.8) is 0 Å². The molecular formula is C18H20N2O3. The van der Waals surface area contributed by atoms with Gasteiger partial charge in [0.25, 0.3) is 0 Å². The topological polar surface area (TPSA) is 81.4 Å². The molecule has 2 amide bonds. The minimum atomic E-state index is -0.724. The fourth-order valence-corrected chi connectivity index (χ4v) is 2.15. The number of primary amides is 1. The molecule has 0 aliphatic heterocycles. The van der Waals surface area contributed by atoms with Gasteiger partial charge in [-0.05, 0) is 18.1 Å². The van der Waals surface area contributed by atoms with Crippen molar-refractivity contribution in [1.29, 1.82) is 0 Å². The molecule has 5 nitrogen and oxygen atoms in total. The number of rotatable bonds is 7. The zero-order valence-electron chi connectivity index (χ0n) is 12.9. The number of benzene rings is 2. The molecule has 0 saturated carbocycles. The van der Waals surface area contributed by atoms with E-state index in [0.29, 0.717) is 0 Å². The summed E-state index contributed by atoms with van der Waals surface area (Å²) in [5, 5.41) is 2.50. The van der Waals surface area contributed by atoms with E-state index in [0.717, 1.165) is 11.1 Å². The molecule has 0 radical (unpaired) electrons. The van der Waals surface area contributed by atoms with Crippen LogP contribution in [-0.4, -0.2) is 24.5 Å². The van der Waals surface area contributed by atoms with Crippen molar-refractivity contribution in [3.8, 4) is 0 Å². The summed E-state index contributed by atoms with van der Waals surface area (Å²) >= 11 is 0. The fraction of sp³-hybridized carbons (Fsp3) is 0.222. The molecule has 23 heavy (non-hydrogen) atoms. The van der Waals surface area contributed by atoms with E-state index < -0.39 is 11.9 Å². The van der Waals surface area contributed by atoms with Crippen LogP contribution in [0.5, 0.6) is 0 Å². The first-order valence-corrected chi connectivity index (χ1v) is 7.38. The van der Waals surface area contributed by atoms with E-state index >= 15 is 0 Å². The predicted octanol–water partition coefficient (Wildman–Crippen LogP) is 1.78. The Hall–Kier alpha value is -2.66. The third kappa shape index (κ3) is 4.93. The Morgan fingerprint density at radius 2 is 1.48 bits per heavy atom. The largest absolute Gasteiger partial charge is 0.368 e. The summed E-state index contributed by atoms with van der Waals surface area (Å²) in [6.45, 7) is 1.37. The molecule has 0 fully saturated rings. The monoisotopic (exact) mass is 312 g/mol. The van der Waals surface area contributed by atoms with Crippen LogP contribution in [0.4, 0.5) is 0 Å². The van der Waals surface area contributed by atoms with Gasteiger partial charge in [-0.15, -0.1) is 0 Å². The lowest BCUT2D eigenvalue weighted by atomic mass is 10.0. The van der Waals surface area contributed by atoms with E-state index in [1.54, 1.807) is 0 Å². The predicted molar refractivity (Wildman–Crippen MR) is 87.5 cm³/mol. The lowest BCUT2D eigenvalue weighted by Gasteiger charge is -2.19. The molecule has 120 valence electrons. The Morgan fingerprint density at radius 3 is 1.91 bits per heavy atom. The molecule has 0 aliphatic rings. The quantitative estimate of drug-likeness (QED) is 0.817. The van der Waals surface area contributed by atoms with Gasteiger partial charge < -0.3 is 15.8 Å². The van der Waals surface area contributed by atoms with E-state index in [-0.39, 0.29) is 18.6 Å². The van der Waals surface area contributed by atoms with Gasteiger partial charge in [0, 0.05) is 0 Å². The highest BCUT2D eigenvalue weighted by Gasteiger charge is 2.17. The first kappa shape index (κ1) is 16.7. The summed E-state index contributed by atoms with van der Waals surface area (Å²) in [7, 11) is 0. The summed E-state index contributed by atoms with van der Waals surface area (Å²) in [5.41, 5.74) is 7.03. The van der Waals surface area contributed by atoms with Gasteiger partial charge in [-0.3, -0.25) is 9.59 Å². The van der Waals surface area contributed by atoms with E-state index in [9.17, 15) is 9.59 Å². The lowest BCUT2D eigenvalue weighted by molar-refractivity contribution is -0.131. The molecular weight excluding hydrogens is 292 g/mol. The first-order chi connectivity index (χ1) is 11.1. The molecule has 0 aromatic heterocycles. The van der Waals surface area contributed by atoms with Crippen LogP contribution < -0.4 is 11.1 Å². The van der Waals surface area contributed by atoms with E-state index in [1.165, 1.54) is 6.92 Å². The van der Waals surface area contributed by atoms with E-state index in [2.05, 4.69) is 5.32 Å². The van der Waals surface area contributed by atoms with Gasteiger partial charge in [0.15, 0.2) is 0 Å². The van der Waals surface area contributed by atoms with Gasteiger partial charge in [-0.2, -0.15) is 0 Å². The molecule has 3 N–H and O–H groups in total. The summed E-state index contributed by atoms with van der Waals surface area (Å²) in [6.07, 6.45) is -0.355. The van der Waals surface area contributed by atoms with Crippen LogP contribution in [0, 0.1) is 0 Å². The van der Waals surface area contributed by atoms with Crippen LogP contribution >= 0.6 is 0 Å². The Balaban J connectivity index is 2.07. The minimum Gasteiger partial charge on any atom is -0.368 e. The van der Waals surface area contributed by atoms with Crippen molar-refractivity contribution in [2.45, 2.75) is 19.1 Å². The Morgan fingerprint density at radius 1 is 1.00 bits per heavy atom. The molecule has 0 bridgehead atoms. The summed E-state index contributed by atoms with van der Waals surface area (Å²) in [6, 6.07) is 18.6. The highest BCUT2D eigenvalue weighted by Crippen LogP contribution is 2.25. The number of ether oxygens (including phenoxy) is 1. The van der Waals surface area contributed by atoms with Crippen LogP contribution in [0.25, 0.3) is 0 Å². The van der Waals surface area contributed by atoms with Crippen LogP contribution in [0.15, 0.2) is 60.7 Å². The number of amides is 2. The van der Waals surface area contributed by atoms with Crippen LogP contribution in [0.1, 0.15) is 24.2 Å². The second kappa shape index (κ2) is 8.10. The van der Waals surface area contributed by atoms with Gasteiger partial charge in [0.05, 0.1) is 0 Å². The minimum absolute atomic E-state index is 0.161. The third-order valence-corrected chi connectivity index (χ3v) is 3.39. The highest BCUT2D eigenvalue weighted by atomic mass is 16.5. The Bertz CT molecular complexity index is 604. The lowest BCUT2D eigenvalue weighted by Crippen LogP contribution is -2.43. The third-order valence-electron chi connectivity index (χ3n) is 3.39. The molecule has 5 heteroatoms. The maximum atomic E-state index is 11.9. The van der Waals surface area contributed by atoms with Crippen molar-refractivity contribution >= 4 is 11.8 Å². The number of nitrogens with one attached hydrogen (secondary N) is 1. The number of hydrogen-bond acceptors (Lipinski definition) is 3. The Labute approximate surface area is 135 Å². The zero-order chi connectivity index (χ0) is 16.7. The molecule has 0 aliphatic carbocycles. The molecule has 2 aromatic rings. The smallest absolute Gasteiger partial charge is 0.246 e. The maximum Gasteiger partial charge on any atom is 0.246 e. The average Bonchev–Trinajstić information content (AvgIpc) is 2.57. The van der Waals surface area contributed by atoms with Crippen molar-refractivity contribution in [2.75, 3.05) is 6.61 Å². The van der Waals surface area contributed by atoms with Crippen LogP contribution in [0.2, 0.25) is 0 Å². The van der Waals surface area contributed by atoms with Crippen LogP contribution in [-0.2, 0) is 14.3 Å². The molecule has 0 saturated heterocycles. The summed E-state index contributed by atoms with van der Waals surface area (Å²) < 4.78 is 5.79. The van der Waals surface area contributed by atoms with Crippen molar-refractivity contribution in [3.05, 3.63) is 71.8 Å². The molecule has 0 heterocycles. The number of hydrogen-bond donors (Lipinski definition) is 2. The molecule has 2 rings (SSSR count). The average molecular weight is 312 g/mol. The summed E-state index contributed by atoms with van der Waals surface area (Å²) in [4.78, 5) is 22.9. The number of carbonyl (C=O) groups excluding carboxylic acids is 2. The SMILES string of the molecule is CC(NC(=O)COC(c1ccccc1)c1ccccc1)C(N)=O. The molecule has 2 aromatic carbocycles. The zero-order valence-corrected chi connectivity index (χ0v) is 12.9. The number of nitrogens with two attached hydrogens (primary N) is 1. The van der Waals surface area contributed by atoms with Gasteiger partial charge >= 0.3 is 0 Å². The van der Waals surface area contributed by atoms with Gasteiger partial charge in [0.1, 0.15) is 18.8 Å². The number of carbonyl (C=O) groups is 2. The second-order valence-electron chi connectivity index (χ2n) is 5.20. The van der Waals surface area contributed by atoms with E-state index in [4.69, 9.17) is 10.5 Å². The van der Waals surface area contributed by atoms with E-state index in [1.807, 2.05) is 60.7 Å². The molecule has 1 atom stereocenters. The molecule has 0 spiro atoms. The fourth-order valence-electron chi connectivity index (χ4n) is 2.15.